The molecule has 0 saturated carbocycles. The number of hydrogen-bond donors (Lipinski definition) is 1. The first kappa shape index (κ1) is 21.4. The summed E-state index contributed by atoms with van der Waals surface area (Å²) in [6.45, 7) is -0.0165. The third kappa shape index (κ3) is 4.00. The number of methoxy groups -OCH3 is 3. The summed E-state index contributed by atoms with van der Waals surface area (Å²) in [6.07, 6.45) is 4.82. The second-order valence-corrected chi connectivity index (χ2v) is 7.03. The van der Waals surface area contributed by atoms with Crippen LogP contribution in [0.4, 0.5) is 5.69 Å². The standard InChI is InChI=1S/C21H24N2O7/c1-28-16-10-14(21(27)30-3)15(11-17(16)29-2)22-18(24)8-9-23-19(25)12-6-4-5-7-13(12)20(23)26/h4-5,10-13H,6-9H2,1-3H3,(H,22,24)/t12-,13+. The molecule has 1 aliphatic carbocycles. The highest BCUT2D eigenvalue weighted by Gasteiger charge is 2.46. The molecule has 1 aliphatic heterocycles. The lowest BCUT2D eigenvalue weighted by Crippen LogP contribution is -2.34. The Hall–Kier alpha value is -3.36. The molecule has 3 amide bonds. The van der Waals surface area contributed by atoms with Gasteiger partial charge in [-0.15, -0.1) is 0 Å². The third-order valence-corrected chi connectivity index (χ3v) is 5.36. The van der Waals surface area contributed by atoms with Gasteiger partial charge in [0.15, 0.2) is 11.5 Å². The van der Waals surface area contributed by atoms with Crippen LogP contribution >= 0.6 is 0 Å². The number of carbonyl (C=O) groups excluding carboxylic acids is 4. The zero-order chi connectivity index (χ0) is 21.8. The number of fused-ring (bicyclic) bond motifs is 1. The second kappa shape index (κ2) is 8.98. The molecule has 1 N–H and O–H groups in total. The maximum absolute atomic E-state index is 12.5. The van der Waals surface area contributed by atoms with Gasteiger partial charge in [-0.2, -0.15) is 0 Å². The molecular formula is C21H24N2O7. The Morgan fingerprint density at radius 1 is 1.00 bits per heavy atom. The molecule has 2 aliphatic rings. The first-order valence-corrected chi connectivity index (χ1v) is 9.55. The lowest BCUT2D eigenvalue weighted by molar-refractivity contribution is -0.140. The Morgan fingerprint density at radius 2 is 1.57 bits per heavy atom. The predicted octanol–water partition coefficient (Wildman–Crippen LogP) is 1.77. The van der Waals surface area contributed by atoms with E-state index in [9.17, 15) is 19.2 Å². The molecule has 0 bridgehead atoms. The second-order valence-electron chi connectivity index (χ2n) is 7.03. The quantitative estimate of drug-likeness (QED) is 0.410. The van der Waals surface area contributed by atoms with Gasteiger partial charge in [0, 0.05) is 25.1 Å². The lowest BCUT2D eigenvalue weighted by Gasteiger charge is -2.16. The molecule has 160 valence electrons. The maximum Gasteiger partial charge on any atom is 0.340 e. The fourth-order valence-corrected chi connectivity index (χ4v) is 3.78. The predicted molar refractivity (Wildman–Crippen MR) is 106 cm³/mol. The number of nitrogens with one attached hydrogen (secondary N) is 1. The van der Waals surface area contributed by atoms with Gasteiger partial charge in [0.2, 0.25) is 17.7 Å². The van der Waals surface area contributed by atoms with E-state index in [4.69, 9.17) is 14.2 Å². The van der Waals surface area contributed by atoms with Crippen LogP contribution in [0, 0.1) is 11.8 Å². The minimum Gasteiger partial charge on any atom is -0.493 e. The maximum atomic E-state index is 12.5. The molecule has 0 aromatic heterocycles. The first-order chi connectivity index (χ1) is 14.4. The highest BCUT2D eigenvalue weighted by molar-refractivity contribution is 6.06. The van der Waals surface area contributed by atoms with Gasteiger partial charge >= 0.3 is 5.97 Å². The molecule has 9 heteroatoms. The normalized spacial score (nSPS) is 20.0. The highest BCUT2D eigenvalue weighted by Crippen LogP contribution is 2.36. The molecule has 9 nitrogen and oxygen atoms in total. The smallest absolute Gasteiger partial charge is 0.340 e. The summed E-state index contributed by atoms with van der Waals surface area (Å²) >= 11 is 0. The van der Waals surface area contributed by atoms with E-state index in [2.05, 4.69) is 5.32 Å². The van der Waals surface area contributed by atoms with E-state index in [1.807, 2.05) is 12.2 Å². The van der Waals surface area contributed by atoms with Gasteiger partial charge < -0.3 is 19.5 Å². The van der Waals surface area contributed by atoms with Crippen molar-refractivity contribution in [2.75, 3.05) is 33.2 Å². The first-order valence-electron chi connectivity index (χ1n) is 9.55. The Morgan fingerprint density at radius 3 is 2.10 bits per heavy atom. The van der Waals surface area contributed by atoms with E-state index in [0.717, 1.165) is 4.90 Å². The fraction of sp³-hybridized carbons (Fsp3) is 0.429. The lowest BCUT2D eigenvalue weighted by atomic mass is 9.85. The number of anilines is 1. The molecule has 30 heavy (non-hydrogen) atoms. The summed E-state index contributed by atoms with van der Waals surface area (Å²) in [7, 11) is 4.08. The van der Waals surface area contributed by atoms with Crippen LogP contribution in [-0.4, -0.2) is 56.5 Å². The number of imide groups is 1. The number of hydrogen-bond acceptors (Lipinski definition) is 7. The van der Waals surface area contributed by atoms with Gasteiger partial charge in [-0.25, -0.2) is 4.79 Å². The molecule has 0 spiro atoms. The van der Waals surface area contributed by atoms with E-state index in [1.165, 1.54) is 33.5 Å². The number of benzene rings is 1. The topological polar surface area (TPSA) is 111 Å². The molecule has 0 radical (unpaired) electrons. The van der Waals surface area contributed by atoms with Crippen molar-refractivity contribution in [2.24, 2.45) is 11.8 Å². The van der Waals surface area contributed by atoms with Gasteiger partial charge in [0.1, 0.15) is 0 Å². The summed E-state index contributed by atoms with van der Waals surface area (Å²) < 4.78 is 15.2. The number of esters is 1. The molecule has 1 fully saturated rings. The Labute approximate surface area is 174 Å². The third-order valence-electron chi connectivity index (χ3n) is 5.36. The van der Waals surface area contributed by atoms with Gasteiger partial charge in [-0.1, -0.05) is 12.2 Å². The van der Waals surface area contributed by atoms with Crippen LogP contribution in [0.5, 0.6) is 11.5 Å². The number of carbonyl (C=O) groups is 4. The van der Waals surface area contributed by atoms with E-state index in [1.54, 1.807) is 0 Å². The number of rotatable bonds is 7. The van der Waals surface area contributed by atoms with E-state index in [-0.39, 0.29) is 47.9 Å². The summed E-state index contributed by atoms with van der Waals surface area (Å²) in [5.41, 5.74) is 0.273. The molecule has 1 saturated heterocycles. The molecule has 2 atom stereocenters. The van der Waals surface area contributed by atoms with Crippen molar-refractivity contribution in [1.82, 2.24) is 4.90 Å². The van der Waals surface area contributed by atoms with Gasteiger partial charge in [0.25, 0.3) is 0 Å². The summed E-state index contributed by atoms with van der Waals surface area (Å²) in [5.74, 6) is -1.62. The number of allylic oxidation sites excluding steroid dienone is 2. The van der Waals surface area contributed by atoms with Gasteiger partial charge in [-0.05, 0) is 12.8 Å². The molecule has 0 unspecified atom stereocenters. The van der Waals surface area contributed by atoms with Crippen molar-refractivity contribution in [1.29, 1.82) is 0 Å². The largest absolute Gasteiger partial charge is 0.493 e. The number of amides is 3. The van der Waals surface area contributed by atoms with Crippen molar-refractivity contribution < 1.29 is 33.4 Å². The van der Waals surface area contributed by atoms with Crippen molar-refractivity contribution in [3.63, 3.8) is 0 Å². The average Bonchev–Trinajstić information content (AvgIpc) is 3.01. The average molecular weight is 416 g/mol. The zero-order valence-electron chi connectivity index (χ0n) is 17.1. The van der Waals surface area contributed by atoms with Crippen LogP contribution in [0.2, 0.25) is 0 Å². The zero-order valence-corrected chi connectivity index (χ0v) is 17.1. The van der Waals surface area contributed by atoms with Gasteiger partial charge in [0.05, 0.1) is 44.4 Å². The molecule has 1 aromatic rings. The van der Waals surface area contributed by atoms with E-state index >= 15 is 0 Å². The van der Waals surface area contributed by atoms with Crippen LogP contribution in [0.1, 0.15) is 29.6 Å². The fourth-order valence-electron chi connectivity index (χ4n) is 3.78. The van der Waals surface area contributed by atoms with Crippen molar-refractivity contribution >= 4 is 29.4 Å². The van der Waals surface area contributed by atoms with Crippen LogP contribution in [0.25, 0.3) is 0 Å². The summed E-state index contributed by atoms with van der Waals surface area (Å²) in [5, 5.41) is 2.63. The highest BCUT2D eigenvalue weighted by atomic mass is 16.5. The summed E-state index contributed by atoms with van der Waals surface area (Å²) in [4.78, 5) is 50.8. The van der Waals surface area contributed by atoms with Crippen molar-refractivity contribution in [3.8, 4) is 11.5 Å². The number of nitrogens with zero attached hydrogens (tertiary/aromatic N) is 1. The number of ether oxygens (including phenoxy) is 3. The van der Waals surface area contributed by atoms with Crippen LogP contribution in [-0.2, 0) is 19.1 Å². The minimum absolute atomic E-state index is 0.0165. The van der Waals surface area contributed by atoms with Crippen LogP contribution in [0.3, 0.4) is 0 Å². The van der Waals surface area contributed by atoms with Crippen LogP contribution < -0.4 is 14.8 Å². The van der Waals surface area contributed by atoms with Gasteiger partial charge in [-0.3, -0.25) is 19.3 Å². The molecular weight excluding hydrogens is 392 g/mol. The van der Waals surface area contributed by atoms with Crippen molar-refractivity contribution in [2.45, 2.75) is 19.3 Å². The number of likely N-dealkylation sites (tertiary alicyclic amines) is 1. The molecule has 1 aromatic carbocycles. The van der Waals surface area contributed by atoms with Crippen molar-refractivity contribution in [3.05, 3.63) is 29.8 Å². The van der Waals surface area contributed by atoms with Crippen LogP contribution in [0.15, 0.2) is 24.3 Å². The molecule has 3 rings (SSSR count). The monoisotopic (exact) mass is 416 g/mol. The minimum atomic E-state index is -0.660. The Balaban J connectivity index is 1.71. The molecule has 1 heterocycles. The Bertz CT molecular complexity index is 883. The van der Waals surface area contributed by atoms with E-state index in [0.29, 0.717) is 24.3 Å². The summed E-state index contributed by atoms with van der Waals surface area (Å²) in [6, 6.07) is 2.86. The Kier molecular flexibility index (Phi) is 6.39. The van der Waals surface area contributed by atoms with E-state index < -0.39 is 11.9 Å². The SMILES string of the molecule is COC(=O)c1cc(OC)c(OC)cc1NC(=O)CCN1C(=O)[C@H]2CC=CC[C@H]2C1=O.